The van der Waals surface area contributed by atoms with E-state index in [1.165, 1.54) is 6.42 Å². The maximum atomic E-state index is 11.8. The Hall–Kier alpha value is -3.49. The molecule has 1 saturated carbocycles. The number of carboxylic acid groups (broad SMARTS) is 1. The molecular formula is C29H26N2O2S. The highest BCUT2D eigenvalue weighted by molar-refractivity contribution is 7.15. The van der Waals surface area contributed by atoms with Crippen LogP contribution < -0.4 is 0 Å². The summed E-state index contributed by atoms with van der Waals surface area (Å²) in [4.78, 5) is 22.4. The topological polar surface area (TPSA) is 63.1 Å². The third-order valence-corrected chi connectivity index (χ3v) is 7.83. The lowest BCUT2D eigenvalue weighted by molar-refractivity contribution is 0.0696. The van der Waals surface area contributed by atoms with Crippen LogP contribution in [0.3, 0.4) is 0 Å². The van der Waals surface area contributed by atoms with Gasteiger partial charge in [0.25, 0.3) is 0 Å². The number of aromatic carboxylic acids is 1. The number of pyridine rings is 1. The number of benzene rings is 2. The van der Waals surface area contributed by atoms with E-state index in [-0.39, 0.29) is 5.56 Å². The molecule has 5 rings (SSSR count). The number of carbonyl (C=O) groups is 1. The Balaban J connectivity index is 1.65. The lowest BCUT2D eigenvalue weighted by Crippen LogP contribution is -2.09. The van der Waals surface area contributed by atoms with Crippen molar-refractivity contribution in [1.29, 1.82) is 0 Å². The van der Waals surface area contributed by atoms with Crippen LogP contribution in [0.5, 0.6) is 0 Å². The first kappa shape index (κ1) is 22.3. The van der Waals surface area contributed by atoms with Crippen LogP contribution in [0.2, 0.25) is 0 Å². The minimum Gasteiger partial charge on any atom is -0.478 e. The Kier molecular flexibility index (Phi) is 5.93. The average Bonchev–Trinajstić information content (AvgIpc) is 3.20. The van der Waals surface area contributed by atoms with Gasteiger partial charge in [0.05, 0.1) is 32.4 Å². The Morgan fingerprint density at radius 1 is 1.06 bits per heavy atom. The van der Waals surface area contributed by atoms with E-state index in [1.54, 1.807) is 17.4 Å². The summed E-state index contributed by atoms with van der Waals surface area (Å²) in [6.45, 7) is 4.03. The fourth-order valence-electron chi connectivity index (χ4n) is 5.14. The van der Waals surface area contributed by atoms with Crippen LogP contribution in [0.4, 0.5) is 0 Å². The molecule has 0 spiro atoms. The zero-order valence-electron chi connectivity index (χ0n) is 19.4. The summed E-state index contributed by atoms with van der Waals surface area (Å²) >= 11 is 1.66. The molecule has 0 radical (unpaired) electrons. The molecule has 1 aliphatic rings. The highest BCUT2D eigenvalue weighted by atomic mass is 32.1. The number of terminal acetylenes is 1. The van der Waals surface area contributed by atoms with Gasteiger partial charge in [-0.1, -0.05) is 37.3 Å². The summed E-state index contributed by atoms with van der Waals surface area (Å²) < 4.78 is 0. The number of rotatable bonds is 4. The maximum absolute atomic E-state index is 11.8. The Labute approximate surface area is 203 Å². The van der Waals surface area contributed by atoms with E-state index in [4.69, 9.17) is 11.4 Å². The molecule has 0 aliphatic heterocycles. The van der Waals surface area contributed by atoms with Gasteiger partial charge in [-0.3, -0.25) is 0 Å². The van der Waals surface area contributed by atoms with E-state index in [2.05, 4.69) is 29.1 Å². The van der Waals surface area contributed by atoms with Crippen molar-refractivity contribution in [2.75, 3.05) is 0 Å². The van der Waals surface area contributed by atoms with E-state index in [9.17, 15) is 9.90 Å². The highest BCUT2D eigenvalue weighted by Gasteiger charge is 2.23. The molecule has 2 aromatic carbocycles. The summed E-state index contributed by atoms with van der Waals surface area (Å²) in [5, 5.41) is 11.8. The average molecular weight is 467 g/mol. The molecule has 1 fully saturated rings. The fourth-order valence-corrected chi connectivity index (χ4v) is 6.03. The quantitative estimate of drug-likeness (QED) is 0.319. The van der Waals surface area contributed by atoms with E-state index >= 15 is 0 Å². The summed E-state index contributed by atoms with van der Waals surface area (Å²) in [6.07, 6.45) is 11.6. The van der Waals surface area contributed by atoms with E-state index in [0.29, 0.717) is 11.5 Å². The molecule has 0 saturated heterocycles. The Bertz CT molecular complexity index is 1460. The van der Waals surface area contributed by atoms with Gasteiger partial charge in [-0.25, -0.2) is 14.8 Å². The highest BCUT2D eigenvalue weighted by Crippen LogP contribution is 2.41. The molecule has 170 valence electrons. The second-order valence-corrected chi connectivity index (χ2v) is 10.2. The minimum absolute atomic E-state index is 0.264. The van der Waals surface area contributed by atoms with Gasteiger partial charge in [-0.05, 0) is 74.1 Å². The van der Waals surface area contributed by atoms with Crippen LogP contribution in [-0.4, -0.2) is 21.0 Å². The predicted molar refractivity (Wildman–Crippen MR) is 138 cm³/mol. The molecule has 0 bridgehead atoms. The molecule has 0 amide bonds. The maximum Gasteiger partial charge on any atom is 0.335 e. The van der Waals surface area contributed by atoms with Gasteiger partial charge in [0.1, 0.15) is 0 Å². The number of hydrogen-bond donors (Lipinski definition) is 1. The van der Waals surface area contributed by atoms with Crippen molar-refractivity contribution in [3.05, 3.63) is 69.9 Å². The normalized spacial score (nSPS) is 14.3. The van der Waals surface area contributed by atoms with Crippen LogP contribution in [0.25, 0.3) is 32.6 Å². The first-order valence-corrected chi connectivity index (χ1v) is 12.5. The molecule has 4 aromatic rings. The number of thiazole rings is 1. The van der Waals surface area contributed by atoms with Gasteiger partial charge in [0, 0.05) is 16.5 Å². The number of aryl methyl sites for hydroxylation is 2. The molecule has 1 aliphatic carbocycles. The molecule has 0 atom stereocenters. The van der Waals surface area contributed by atoms with Crippen molar-refractivity contribution in [2.45, 2.75) is 51.9 Å². The SMILES string of the molecule is C#Cc1cc(C(=O)O)cc(C2CCCCC2)c1-c1ccc2nc(-c3sc(C)nc3C)ccc2c1. The standard InChI is InChI=1S/C29H26N2O2S/c1-4-19-14-23(29(32)33)16-24(20-8-6-5-7-9-20)27(19)22-11-12-25-21(15-22)10-13-26(31-25)28-17(2)30-18(3)34-28/h1,10-16,20H,5-9H2,2-3H3,(H,32,33). The molecule has 4 nitrogen and oxygen atoms in total. The van der Waals surface area contributed by atoms with Gasteiger partial charge < -0.3 is 5.11 Å². The number of aromatic nitrogens is 2. The monoisotopic (exact) mass is 466 g/mol. The Morgan fingerprint density at radius 3 is 2.53 bits per heavy atom. The fraction of sp³-hybridized carbons (Fsp3) is 0.276. The van der Waals surface area contributed by atoms with E-state index in [1.807, 2.05) is 32.0 Å². The molecule has 34 heavy (non-hydrogen) atoms. The summed E-state index contributed by atoms with van der Waals surface area (Å²) in [7, 11) is 0. The molecular weight excluding hydrogens is 440 g/mol. The smallest absolute Gasteiger partial charge is 0.335 e. The first-order chi connectivity index (χ1) is 16.4. The van der Waals surface area contributed by atoms with Crippen molar-refractivity contribution in [3.8, 4) is 34.0 Å². The van der Waals surface area contributed by atoms with E-state index in [0.717, 1.165) is 74.5 Å². The zero-order chi connectivity index (χ0) is 23.8. The lowest BCUT2D eigenvalue weighted by atomic mass is 9.78. The molecule has 2 heterocycles. The number of carboxylic acids is 1. The predicted octanol–water partition coefficient (Wildman–Crippen LogP) is 7.37. The summed E-state index contributed by atoms with van der Waals surface area (Å²) in [5.74, 6) is 2.15. The number of nitrogens with zero attached hydrogens (tertiary/aromatic N) is 2. The second kappa shape index (κ2) is 9.04. The molecule has 1 N–H and O–H groups in total. The van der Waals surface area contributed by atoms with Gasteiger partial charge in [-0.15, -0.1) is 17.8 Å². The van der Waals surface area contributed by atoms with Crippen molar-refractivity contribution < 1.29 is 9.90 Å². The van der Waals surface area contributed by atoms with Crippen LogP contribution >= 0.6 is 11.3 Å². The van der Waals surface area contributed by atoms with Gasteiger partial charge in [0.15, 0.2) is 0 Å². The molecule has 5 heteroatoms. The van der Waals surface area contributed by atoms with Crippen LogP contribution in [0.15, 0.2) is 42.5 Å². The van der Waals surface area contributed by atoms with Crippen LogP contribution in [0.1, 0.15) is 70.2 Å². The van der Waals surface area contributed by atoms with Gasteiger partial charge in [-0.2, -0.15) is 0 Å². The largest absolute Gasteiger partial charge is 0.478 e. The second-order valence-electron chi connectivity index (χ2n) is 9.02. The van der Waals surface area contributed by atoms with Crippen LogP contribution in [0, 0.1) is 26.2 Å². The van der Waals surface area contributed by atoms with Crippen molar-refractivity contribution >= 4 is 28.2 Å². The first-order valence-electron chi connectivity index (χ1n) is 11.7. The summed E-state index contributed by atoms with van der Waals surface area (Å²) in [5.41, 5.74) is 6.81. The Morgan fingerprint density at radius 2 is 1.85 bits per heavy atom. The number of fused-ring (bicyclic) bond motifs is 1. The van der Waals surface area contributed by atoms with Crippen molar-refractivity contribution in [2.24, 2.45) is 0 Å². The number of hydrogen-bond acceptors (Lipinski definition) is 4. The van der Waals surface area contributed by atoms with Crippen molar-refractivity contribution in [1.82, 2.24) is 9.97 Å². The van der Waals surface area contributed by atoms with Gasteiger partial charge >= 0.3 is 5.97 Å². The third kappa shape index (κ3) is 4.10. The van der Waals surface area contributed by atoms with Crippen LogP contribution in [-0.2, 0) is 0 Å². The lowest BCUT2D eigenvalue weighted by Gasteiger charge is -2.26. The summed E-state index contributed by atoms with van der Waals surface area (Å²) in [6, 6.07) is 13.8. The third-order valence-electron chi connectivity index (χ3n) is 6.73. The molecule has 2 aromatic heterocycles. The molecule has 0 unspecified atom stereocenters. The van der Waals surface area contributed by atoms with Gasteiger partial charge in [0.2, 0.25) is 0 Å². The zero-order valence-corrected chi connectivity index (χ0v) is 20.2. The van der Waals surface area contributed by atoms with E-state index < -0.39 is 5.97 Å². The minimum atomic E-state index is -0.941. The van der Waals surface area contributed by atoms with Crippen molar-refractivity contribution in [3.63, 3.8) is 0 Å².